The average Bonchev–Trinajstić information content (AvgIpc) is 3.03. The van der Waals surface area contributed by atoms with Crippen molar-refractivity contribution in [3.05, 3.63) is 111 Å². The minimum atomic E-state index is -1.17. The van der Waals surface area contributed by atoms with E-state index in [-0.39, 0.29) is 81.6 Å². The van der Waals surface area contributed by atoms with Gasteiger partial charge in [0.15, 0.2) is 11.6 Å². The predicted molar refractivity (Wildman–Crippen MR) is 186 cm³/mol. The molecule has 11 heteroatoms. The smallest absolute Gasteiger partial charge is 0.174 e. The first-order chi connectivity index (χ1) is 24.2. The summed E-state index contributed by atoms with van der Waals surface area (Å²) in [6, 6.07) is 11.5. The fourth-order valence-corrected chi connectivity index (χ4v) is 7.27. The van der Waals surface area contributed by atoms with Gasteiger partial charge in [0.05, 0.1) is 12.0 Å². The fourth-order valence-electron chi connectivity index (χ4n) is 7.27. The molecule has 0 aromatic heterocycles. The zero-order valence-electron chi connectivity index (χ0n) is 28.1. The Morgan fingerprint density at radius 1 is 0.784 bits per heavy atom. The molecule has 0 saturated carbocycles. The molecule has 6 rings (SSSR count). The van der Waals surface area contributed by atoms with Crippen molar-refractivity contribution in [2.75, 3.05) is 0 Å². The maximum Gasteiger partial charge on any atom is 0.174 e. The van der Waals surface area contributed by atoms with Crippen LogP contribution in [0.1, 0.15) is 94.5 Å². The van der Waals surface area contributed by atoms with Crippen LogP contribution in [0.4, 0.5) is 0 Å². The SMILES string of the molecule is CC(C)=CCc1c(O)ccc(C(=O)C2C(c3c(O)ccc(C4CC(=O)c5c(O)cc(O)cc5O4)c3O)C=C(C)CC2c2ccc(O)cc2O)c1O. The number of phenolic OH excluding ortho intramolecular Hbond substituents is 8. The van der Waals surface area contributed by atoms with Crippen molar-refractivity contribution in [1.82, 2.24) is 0 Å². The number of carbonyl (C=O) groups excluding carboxylic acids is 2. The van der Waals surface area contributed by atoms with Gasteiger partial charge < -0.3 is 45.6 Å². The van der Waals surface area contributed by atoms with Gasteiger partial charge in [0, 0.05) is 52.6 Å². The van der Waals surface area contributed by atoms with Crippen LogP contribution < -0.4 is 4.74 Å². The molecule has 0 saturated heterocycles. The van der Waals surface area contributed by atoms with Crippen LogP contribution in [-0.2, 0) is 6.42 Å². The number of aromatic hydroxyl groups is 8. The summed E-state index contributed by atoms with van der Waals surface area (Å²) in [5.41, 5.74) is 1.89. The van der Waals surface area contributed by atoms with Crippen LogP contribution in [0.25, 0.3) is 0 Å². The molecule has 4 unspecified atom stereocenters. The number of ketones is 2. The minimum absolute atomic E-state index is 0.0724. The van der Waals surface area contributed by atoms with Crippen LogP contribution in [-0.4, -0.2) is 52.4 Å². The van der Waals surface area contributed by atoms with Crippen molar-refractivity contribution >= 4 is 11.6 Å². The fraction of sp³-hybridized carbons (Fsp3) is 0.250. The second-order valence-corrected chi connectivity index (χ2v) is 13.4. The Balaban J connectivity index is 1.52. The summed E-state index contributed by atoms with van der Waals surface area (Å²) in [5.74, 6) is -7.04. The number of Topliss-reactive ketones (excluding diaryl/α,β-unsaturated/α-hetero) is 2. The highest BCUT2D eigenvalue weighted by atomic mass is 16.5. The van der Waals surface area contributed by atoms with Crippen LogP contribution in [0.5, 0.6) is 51.7 Å². The quantitative estimate of drug-likeness (QED) is 0.0714. The molecule has 0 fully saturated rings. The Morgan fingerprint density at radius 3 is 2.18 bits per heavy atom. The first kappa shape index (κ1) is 34.8. The van der Waals surface area contributed by atoms with Gasteiger partial charge in [-0.25, -0.2) is 0 Å². The molecule has 51 heavy (non-hydrogen) atoms. The van der Waals surface area contributed by atoms with E-state index < -0.39 is 52.7 Å². The molecule has 0 amide bonds. The number of hydrogen-bond donors (Lipinski definition) is 8. The molecule has 2 aliphatic rings. The molecule has 4 aromatic carbocycles. The van der Waals surface area contributed by atoms with Gasteiger partial charge in [0.25, 0.3) is 0 Å². The predicted octanol–water partition coefficient (Wildman–Crippen LogP) is 7.26. The van der Waals surface area contributed by atoms with Crippen molar-refractivity contribution in [2.45, 2.75) is 58.0 Å². The number of allylic oxidation sites excluding steroid dienone is 4. The maximum absolute atomic E-state index is 14.8. The van der Waals surface area contributed by atoms with Crippen LogP contribution in [0.15, 0.2) is 77.9 Å². The van der Waals surface area contributed by atoms with Crippen LogP contribution in [0.3, 0.4) is 0 Å². The monoisotopic (exact) mass is 694 g/mol. The molecule has 1 aliphatic heterocycles. The molecule has 0 spiro atoms. The van der Waals surface area contributed by atoms with E-state index in [1.807, 2.05) is 13.8 Å². The topological polar surface area (TPSA) is 205 Å². The number of benzene rings is 4. The van der Waals surface area contributed by atoms with Gasteiger partial charge in [0.1, 0.15) is 63.4 Å². The minimum Gasteiger partial charge on any atom is -0.508 e. The lowest BCUT2D eigenvalue weighted by Gasteiger charge is -2.38. The Hall–Kier alpha value is -6.10. The normalized spacial score (nSPS) is 19.8. The Bertz CT molecular complexity index is 2140. The van der Waals surface area contributed by atoms with Crippen molar-refractivity contribution in [1.29, 1.82) is 0 Å². The summed E-state index contributed by atoms with van der Waals surface area (Å²) in [7, 11) is 0. The Morgan fingerprint density at radius 2 is 1.47 bits per heavy atom. The summed E-state index contributed by atoms with van der Waals surface area (Å²) < 4.78 is 5.99. The zero-order valence-corrected chi connectivity index (χ0v) is 28.1. The summed E-state index contributed by atoms with van der Waals surface area (Å²) in [5, 5.41) is 86.7. The first-order valence-electron chi connectivity index (χ1n) is 16.4. The molecule has 8 N–H and O–H groups in total. The number of rotatable bonds is 7. The summed E-state index contributed by atoms with van der Waals surface area (Å²) >= 11 is 0. The Labute approximate surface area is 293 Å². The number of fused-ring (bicyclic) bond motifs is 1. The third kappa shape index (κ3) is 6.38. The Kier molecular flexibility index (Phi) is 9.07. The molecule has 4 aromatic rings. The number of hydrogen-bond acceptors (Lipinski definition) is 11. The number of carbonyl (C=O) groups is 2. The molecule has 1 aliphatic carbocycles. The highest BCUT2D eigenvalue weighted by molar-refractivity contribution is 6.03. The zero-order chi connectivity index (χ0) is 36.9. The van der Waals surface area contributed by atoms with E-state index >= 15 is 0 Å². The number of ether oxygens (including phenoxy) is 1. The summed E-state index contributed by atoms with van der Waals surface area (Å²) in [6.07, 6.45) is 2.49. The van der Waals surface area contributed by atoms with Crippen molar-refractivity contribution in [3.63, 3.8) is 0 Å². The molecule has 264 valence electrons. The van der Waals surface area contributed by atoms with Gasteiger partial charge in [-0.15, -0.1) is 0 Å². The molecule has 1 heterocycles. The van der Waals surface area contributed by atoms with Gasteiger partial charge in [0.2, 0.25) is 0 Å². The third-order valence-electron chi connectivity index (χ3n) is 9.67. The lowest BCUT2D eigenvalue weighted by molar-refractivity contribution is 0.0841. The van der Waals surface area contributed by atoms with E-state index in [1.165, 1.54) is 42.5 Å². The van der Waals surface area contributed by atoms with E-state index in [0.29, 0.717) is 5.56 Å². The second kappa shape index (κ2) is 13.3. The van der Waals surface area contributed by atoms with Gasteiger partial charge >= 0.3 is 0 Å². The standard InChI is InChI=1S/C40H38O11/c1-18(2)4-6-23-28(43)10-9-25(38(23)48)40(50)35-26(22-7-5-20(41)14-30(22)45)12-19(3)13-27(35)36-29(44)11-8-24(39(36)49)33-17-32(47)37-31(46)15-21(42)16-34(37)51-33/h4-5,7-11,13-16,26-27,33,35,41-46,48-49H,6,12,17H2,1-3H3. The van der Waals surface area contributed by atoms with Gasteiger partial charge in [-0.3, -0.25) is 9.59 Å². The van der Waals surface area contributed by atoms with Crippen molar-refractivity contribution in [2.24, 2.45) is 5.92 Å². The van der Waals surface area contributed by atoms with Gasteiger partial charge in [-0.05, 0) is 69.5 Å². The number of phenols is 8. The van der Waals surface area contributed by atoms with Crippen LogP contribution in [0, 0.1) is 5.92 Å². The molecule has 0 radical (unpaired) electrons. The van der Waals surface area contributed by atoms with Gasteiger partial charge in [-0.1, -0.05) is 29.4 Å². The first-order valence-corrected chi connectivity index (χ1v) is 16.4. The van der Waals surface area contributed by atoms with E-state index in [1.54, 1.807) is 19.1 Å². The lowest BCUT2D eigenvalue weighted by atomic mass is 9.65. The van der Waals surface area contributed by atoms with Crippen molar-refractivity contribution in [3.8, 4) is 51.7 Å². The average molecular weight is 695 g/mol. The third-order valence-corrected chi connectivity index (χ3v) is 9.67. The largest absolute Gasteiger partial charge is 0.508 e. The lowest BCUT2D eigenvalue weighted by Crippen LogP contribution is -2.32. The van der Waals surface area contributed by atoms with E-state index in [0.717, 1.165) is 23.3 Å². The van der Waals surface area contributed by atoms with Crippen molar-refractivity contribution < 1.29 is 55.2 Å². The van der Waals surface area contributed by atoms with Gasteiger partial charge in [-0.2, -0.15) is 0 Å². The maximum atomic E-state index is 14.8. The van der Waals surface area contributed by atoms with E-state index in [2.05, 4.69) is 0 Å². The molecular weight excluding hydrogens is 656 g/mol. The highest BCUT2D eigenvalue weighted by Crippen LogP contribution is 2.54. The summed E-state index contributed by atoms with van der Waals surface area (Å²) in [6.45, 7) is 5.50. The van der Waals surface area contributed by atoms with E-state index in [4.69, 9.17) is 4.74 Å². The highest BCUT2D eigenvalue weighted by Gasteiger charge is 2.44. The molecular formula is C40H38O11. The molecule has 11 nitrogen and oxygen atoms in total. The summed E-state index contributed by atoms with van der Waals surface area (Å²) in [4.78, 5) is 28.0. The van der Waals surface area contributed by atoms with Crippen LogP contribution >= 0.6 is 0 Å². The molecule has 4 atom stereocenters. The van der Waals surface area contributed by atoms with Crippen LogP contribution in [0.2, 0.25) is 0 Å². The second-order valence-electron chi connectivity index (χ2n) is 13.4. The van der Waals surface area contributed by atoms with E-state index in [9.17, 15) is 50.4 Å². The molecule has 0 bridgehead atoms.